The number of amides is 1. The van der Waals surface area contributed by atoms with E-state index in [0.29, 0.717) is 6.04 Å². The lowest BCUT2D eigenvalue weighted by molar-refractivity contribution is -0.126. The Kier molecular flexibility index (Phi) is 7.25. The van der Waals surface area contributed by atoms with Crippen molar-refractivity contribution in [1.29, 1.82) is 0 Å². The summed E-state index contributed by atoms with van der Waals surface area (Å²) in [6.45, 7) is 4.97. The molecule has 23 heavy (non-hydrogen) atoms. The van der Waals surface area contributed by atoms with Crippen LogP contribution in [0.4, 0.5) is 0 Å². The zero-order chi connectivity index (χ0) is 14.8. The van der Waals surface area contributed by atoms with Gasteiger partial charge in [0.05, 0.1) is 6.04 Å². The molecule has 0 saturated carbocycles. The van der Waals surface area contributed by atoms with Crippen molar-refractivity contribution in [1.82, 2.24) is 25.2 Å². The van der Waals surface area contributed by atoms with Crippen LogP contribution in [0, 0.1) is 5.92 Å². The molecule has 6 nitrogen and oxygen atoms in total. The van der Waals surface area contributed by atoms with Gasteiger partial charge in [-0.3, -0.25) is 9.20 Å². The molecule has 3 heterocycles. The van der Waals surface area contributed by atoms with E-state index in [1.54, 1.807) is 0 Å². The van der Waals surface area contributed by atoms with Gasteiger partial charge in [-0.25, -0.2) is 0 Å². The summed E-state index contributed by atoms with van der Waals surface area (Å²) in [6.07, 6.45) is 3.70. The number of hydrogen-bond acceptors (Lipinski definition) is 4. The number of carbonyl (C=O) groups is 1. The Morgan fingerprint density at radius 2 is 2.17 bits per heavy atom. The minimum absolute atomic E-state index is 0. The van der Waals surface area contributed by atoms with Crippen LogP contribution < -0.4 is 10.6 Å². The number of nitrogens with zero attached hydrogens (tertiary/aromatic N) is 3. The molecule has 0 spiro atoms. The second kappa shape index (κ2) is 8.47. The smallest absolute Gasteiger partial charge is 0.223 e. The first-order valence-electron chi connectivity index (χ1n) is 7.48. The summed E-state index contributed by atoms with van der Waals surface area (Å²) in [5.41, 5.74) is 0.795. The summed E-state index contributed by atoms with van der Waals surface area (Å²) in [5, 5.41) is 14.8. The van der Waals surface area contributed by atoms with Gasteiger partial charge in [0.25, 0.3) is 0 Å². The van der Waals surface area contributed by atoms with E-state index in [0.717, 1.165) is 30.9 Å². The maximum atomic E-state index is 12.4. The molecule has 0 aromatic carbocycles. The average Bonchev–Trinajstić information content (AvgIpc) is 2.91. The fourth-order valence-corrected chi connectivity index (χ4v) is 2.92. The second-order valence-electron chi connectivity index (χ2n) is 5.79. The van der Waals surface area contributed by atoms with Gasteiger partial charge in [0.15, 0.2) is 11.5 Å². The third-order valence-electron chi connectivity index (χ3n) is 4.08. The molecule has 0 aliphatic carbocycles. The highest BCUT2D eigenvalue weighted by Crippen LogP contribution is 2.18. The molecule has 0 bridgehead atoms. The van der Waals surface area contributed by atoms with Crippen molar-refractivity contribution in [3.8, 4) is 0 Å². The van der Waals surface area contributed by atoms with Crippen molar-refractivity contribution in [3.05, 3.63) is 30.2 Å². The molecule has 1 aliphatic rings. The van der Waals surface area contributed by atoms with E-state index < -0.39 is 0 Å². The van der Waals surface area contributed by atoms with Crippen molar-refractivity contribution in [2.45, 2.75) is 38.8 Å². The van der Waals surface area contributed by atoms with Crippen LogP contribution in [0.2, 0.25) is 0 Å². The van der Waals surface area contributed by atoms with E-state index in [2.05, 4.69) is 27.8 Å². The van der Waals surface area contributed by atoms with Crippen molar-refractivity contribution < 1.29 is 4.79 Å². The van der Waals surface area contributed by atoms with Gasteiger partial charge in [-0.15, -0.1) is 35.0 Å². The molecule has 3 rings (SSSR count). The number of hydrogen-bond donors (Lipinski definition) is 2. The van der Waals surface area contributed by atoms with Gasteiger partial charge in [0, 0.05) is 18.2 Å². The maximum Gasteiger partial charge on any atom is 0.223 e. The first-order valence-corrected chi connectivity index (χ1v) is 7.48. The third kappa shape index (κ3) is 4.34. The Morgan fingerprint density at radius 3 is 2.91 bits per heavy atom. The van der Waals surface area contributed by atoms with Crippen LogP contribution in [0.1, 0.15) is 38.6 Å². The maximum absolute atomic E-state index is 12.4. The summed E-state index contributed by atoms with van der Waals surface area (Å²) in [5.74, 6) is 0.965. The topological polar surface area (TPSA) is 71.3 Å². The highest BCUT2D eigenvalue weighted by atomic mass is 35.5. The predicted octanol–water partition coefficient (Wildman–Crippen LogP) is 2.14. The molecule has 2 N–H and O–H groups in total. The van der Waals surface area contributed by atoms with Gasteiger partial charge < -0.3 is 10.6 Å². The highest BCUT2D eigenvalue weighted by Gasteiger charge is 2.26. The highest BCUT2D eigenvalue weighted by molar-refractivity contribution is 5.85. The van der Waals surface area contributed by atoms with E-state index in [1.807, 2.05) is 35.7 Å². The van der Waals surface area contributed by atoms with Crippen LogP contribution in [0.15, 0.2) is 24.4 Å². The van der Waals surface area contributed by atoms with Crippen molar-refractivity contribution >= 4 is 36.4 Å². The minimum Gasteiger partial charge on any atom is -0.346 e. The number of nitrogens with one attached hydrogen (secondary N) is 2. The Bertz CT molecular complexity index is 648. The number of aromatic nitrogens is 3. The molecule has 128 valence electrons. The fraction of sp³-hybridized carbons (Fsp3) is 0.533. The molecular weight excluding hydrogens is 337 g/mol. The lowest BCUT2D eigenvalue weighted by Gasteiger charge is -2.28. The molecule has 8 heteroatoms. The number of carbonyl (C=O) groups excluding carboxylic acids is 1. The summed E-state index contributed by atoms with van der Waals surface area (Å²) in [7, 11) is 0. The Hall–Kier alpha value is -1.37. The van der Waals surface area contributed by atoms with Crippen LogP contribution in [-0.2, 0) is 4.79 Å². The van der Waals surface area contributed by atoms with Crippen molar-refractivity contribution in [3.63, 3.8) is 0 Å². The third-order valence-corrected chi connectivity index (χ3v) is 4.08. The average molecular weight is 360 g/mol. The lowest BCUT2D eigenvalue weighted by atomic mass is 9.92. The number of rotatable bonds is 3. The van der Waals surface area contributed by atoms with Gasteiger partial charge in [-0.05, 0) is 45.4 Å². The monoisotopic (exact) mass is 359 g/mol. The van der Waals surface area contributed by atoms with Gasteiger partial charge in [-0.2, -0.15) is 0 Å². The number of halogens is 2. The SMILES string of the molecule is CC(NC(=O)[C@H]1CCN[C@@H](C)C1)c1nnc2ccccn12.Cl.Cl. The zero-order valence-electron chi connectivity index (χ0n) is 13.2. The van der Waals surface area contributed by atoms with Crippen LogP contribution in [-0.4, -0.2) is 33.1 Å². The molecule has 0 radical (unpaired) electrons. The van der Waals surface area contributed by atoms with Gasteiger partial charge in [0.1, 0.15) is 0 Å². The van der Waals surface area contributed by atoms with E-state index in [9.17, 15) is 4.79 Å². The summed E-state index contributed by atoms with van der Waals surface area (Å²) in [6, 6.07) is 6.01. The van der Waals surface area contributed by atoms with Crippen LogP contribution >= 0.6 is 24.8 Å². The Labute approximate surface area is 148 Å². The standard InChI is InChI=1S/C15H21N5O.2ClH/c1-10-9-12(6-7-16-10)15(21)17-11(2)14-19-18-13-5-3-4-8-20(13)14;;/h3-5,8,10-12,16H,6-7,9H2,1-2H3,(H,17,21);2*1H/t10-,11?,12-;;/m0../s1. The van der Waals surface area contributed by atoms with Crippen molar-refractivity contribution in [2.75, 3.05) is 6.54 Å². The van der Waals surface area contributed by atoms with E-state index in [4.69, 9.17) is 0 Å². The Morgan fingerprint density at radius 1 is 1.39 bits per heavy atom. The van der Waals surface area contributed by atoms with Crippen LogP contribution in [0.3, 0.4) is 0 Å². The van der Waals surface area contributed by atoms with E-state index >= 15 is 0 Å². The number of fused-ring (bicyclic) bond motifs is 1. The molecular formula is C15H23Cl2N5O. The molecule has 2 aromatic rings. The van der Waals surface area contributed by atoms with E-state index in [1.165, 1.54) is 0 Å². The van der Waals surface area contributed by atoms with Gasteiger partial charge >= 0.3 is 0 Å². The molecule has 1 amide bonds. The largest absolute Gasteiger partial charge is 0.346 e. The van der Waals surface area contributed by atoms with Crippen LogP contribution in [0.5, 0.6) is 0 Å². The predicted molar refractivity (Wildman–Crippen MR) is 94.2 cm³/mol. The summed E-state index contributed by atoms with van der Waals surface area (Å²) < 4.78 is 1.91. The minimum atomic E-state index is -0.153. The van der Waals surface area contributed by atoms with Crippen molar-refractivity contribution in [2.24, 2.45) is 5.92 Å². The van der Waals surface area contributed by atoms with Gasteiger partial charge in [0.2, 0.25) is 5.91 Å². The normalized spacial score (nSPS) is 21.8. The first kappa shape index (κ1) is 19.7. The lowest BCUT2D eigenvalue weighted by Crippen LogP contribution is -2.43. The number of pyridine rings is 1. The first-order chi connectivity index (χ1) is 10.1. The molecule has 1 unspecified atom stereocenters. The molecule has 2 aromatic heterocycles. The molecule has 3 atom stereocenters. The summed E-state index contributed by atoms with van der Waals surface area (Å²) >= 11 is 0. The van der Waals surface area contributed by atoms with E-state index in [-0.39, 0.29) is 42.7 Å². The fourth-order valence-electron chi connectivity index (χ4n) is 2.92. The molecule has 1 aliphatic heterocycles. The quantitative estimate of drug-likeness (QED) is 0.880. The van der Waals surface area contributed by atoms with Crippen LogP contribution in [0.25, 0.3) is 5.65 Å². The number of piperidine rings is 1. The molecule has 1 saturated heterocycles. The Balaban J connectivity index is 0.00000132. The molecule has 1 fully saturated rings. The summed E-state index contributed by atoms with van der Waals surface area (Å²) in [4.78, 5) is 12.4. The second-order valence-corrected chi connectivity index (χ2v) is 5.79. The van der Waals surface area contributed by atoms with Gasteiger partial charge in [-0.1, -0.05) is 6.07 Å². The zero-order valence-corrected chi connectivity index (χ0v) is 14.9.